The first-order valence-electron chi connectivity index (χ1n) is 8.99. The first kappa shape index (κ1) is 17.6. The monoisotopic (exact) mass is 338 g/mol. The average molecular weight is 338 g/mol. The summed E-state index contributed by atoms with van der Waals surface area (Å²) in [7, 11) is 0. The van der Waals surface area contributed by atoms with E-state index in [0.717, 1.165) is 25.9 Å². The van der Waals surface area contributed by atoms with E-state index in [1.165, 1.54) is 16.7 Å². The van der Waals surface area contributed by atoms with Gasteiger partial charge in [-0.3, -0.25) is 9.69 Å². The minimum absolute atomic E-state index is 0.148. The maximum Gasteiger partial charge on any atom is 0.317 e. The molecule has 2 aromatic rings. The van der Waals surface area contributed by atoms with Gasteiger partial charge in [-0.05, 0) is 36.1 Å². The zero-order valence-corrected chi connectivity index (χ0v) is 14.7. The largest absolute Gasteiger partial charge is 0.480 e. The minimum Gasteiger partial charge on any atom is -0.480 e. The van der Waals surface area contributed by atoms with Gasteiger partial charge in [0.2, 0.25) is 0 Å². The van der Waals surface area contributed by atoms with Gasteiger partial charge in [-0.1, -0.05) is 61.5 Å². The van der Waals surface area contributed by atoms with Crippen LogP contribution in [0.4, 0.5) is 0 Å². The van der Waals surface area contributed by atoms with Gasteiger partial charge >= 0.3 is 5.97 Å². The molecule has 0 saturated heterocycles. The van der Waals surface area contributed by atoms with Gasteiger partial charge in [-0.25, -0.2) is 0 Å². The van der Waals surface area contributed by atoms with Gasteiger partial charge in [0, 0.05) is 18.6 Å². The van der Waals surface area contributed by atoms with Crippen molar-refractivity contribution in [3.8, 4) is 11.1 Å². The van der Waals surface area contributed by atoms with Crippen LogP contribution in [-0.2, 0) is 11.3 Å². The van der Waals surface area contributed by atoms with Crippen LogP contribution in [0, 0.1) is 0 Å². The maximum atomic E-state index is 10.9. The van der Waals surface area contributed by atoms with Crippen LogP contribution in [0.2, 0.25) is 0 Å². The van der Waals surface area contributed by atoms with Gasteiger partial charge in [-0.15, -0.1) is 0 Å². The van der Waals surface area contributed by atoms with Gasteiger partial charge in [0.05, 0.1) is 6.54 Å². The summed E-state index contributed by atoms with van der Waals surface area (Å²) in [6.07, 6.45) is 2.06. The lowest BCUT2D eigenvalue weighted by Gasteiger charge is -2.42. The number of benzene rings is 2. The number of hydrogen-bond donors (Lipinski definition) is 2. The summed E-state index contributed by atoms with van der Waals surface area (Å²) in [5.74, 6) is -0.739. The molecule has 1 aliphatic rings. The molecule has 0 radical (unpaired) electrons. The molecule has 132 valence electrons. The summed E-state index contributed by atoms with van der Waals surface area (Å²) in [6, 6.07) is 20.0. The number of carboxylic acids is 1. The molecule has 0 unspecified atom stereocenters. The van der Waals surface area contributed by atoms with E-state index in [1.807, 2.05) is 13.0 Å². The third-order valence-electron chi connectivity index (χ3n) is 5.03. The van der Waals surface area contributed by atoms with Crippen molar-refractivity contribution in [3.63, 3.8) is 0 Å². The zero-order valence-electron chi connectivity index (χ0n) is 14.7. The van der Waals surface area contributed by atoms with Crippen molar-refractivity contribution in [3.05, 3.63) is 60.2 Å². The fraction of sp³-hybridized carbons (Fsp3) is 0.381. The van der Waals surface area contributed by atoms with E-state index >= 15 is 0 Å². The molecule has 4 nitrogen and oxygen atoms in total. The highest BCUT2D eigenvalue weighted by atomic mass is 16.4. The van der Waals surface area contributed by atoms with Crippen molar-refractivity contribution in [1.29, 1.82) is 0 Å². The Morgan fingerprint density at radius 3 is 2.32 bits per heavy atom. The summed E-state index contributed by atoms with van der Waals surface area (Å²) in [5.41, 5.74) is 3.75. The zero-order chi connectivity index (χ0) is 17.6. The quantitative estimate of drug-likeness (QED) is 0.775. The number of carbonyl (C=O) groups is 1. The lowest BCUT2D eigenvalue weighted by atomic mass is 9.85. The fourth-order valence-corrected chi connectivity index (χ4v) is 3.43. The molecule has 1 saturated carbocycles. The predicted molar refractivity (Wildman–Crippen MR) is 100 cm³/mol. The average Bonchev–Trinajstić information content (AvgIpc) is 2.60. The number of hydrogen-bond acceptors (Lipinski definition) is 3. The molecule has 25 heavy (non-hydrogen) atoms. The Balaban J connectivity index is 1.45. The van der Waals surface area contributed by atoms with E-state index in [2.05, 4.69) is 58.7 Å². The molecule has 0 aromatic heterocycles. The molecule has 2 N–H and O–H groups in total. The van der Waals surface area contributed by atoms with Crippen LogP contribution >= 0.6 is 0 Å². The Morgan fingerprint density at radius 1 is 1.08 bits per heavy atom. The highest BCUT2D eigenvalue weighted by Crippen LogP contribution is 2.26. The van der Waals surface area contributed by atoms with Crippen LogP contribution in [0.25, 0.3) is 11.1 Å². The minimum atomic E-state index is -0.739. The van der Waals surface area contributed by atoms with Crippen LogP contribution in [0.5, 0.6) is 0 Å². The smallest absolute Gasteiger partial charge is 0.317 e. The van der Waals surface area contributed by atoms with Crippen LogP contribution < -0.4 is 5.32 Å². The van der Waals surface area contributed by atoms with E-state index in [0.29, 0.717) is 12.1 Å². The number of nitrogens with one attached hydrogen (secondary N) is 1. The lowest BCUT2D eigenvalue weighted by Crippen LogP contribution is -2.53. The number of rotatable bonds is 8. The second kappa shape index (κ2) is 8.28. The number of likely N-dealkylation sites (N-methyl/N-ethyl adjacent to an activating group) is 1. The fourth-order valence-electron chi connectivity index (χ4n) is 3.43. The summed E-state index contributed by atoms with van der Waals surface area (Å²) < 4.78 is 0. The summed E-state index contributed by atoms with van der Waals surface area (Å²) >= 11 is 0. The van der Waals surface area contributed by atoms with Crippen molar-refractivity contribution < 1.29 is 9.90 Å². The van der Waals surface area contributed by atoms with Crippen LogP contribution in [0.15, 0.2) is 54.6 Å². The SMILES string of the molecule is CCN(CC(=O)O)C1CC(NCc2ccc(-c3ccccc3)cc2)C1. The molecule has 2 aromatic carbocycles. The molecule has 0 amide bonds. The second-order valence-electron chi connectivity index (χ2n) is 6.72. The molecular weight excluding hydrogens is 312 g/mol. The number of aliphatic carboxylic acids is 1. The van der Waals surface area contributed by atoms with Crippen molar-refractivity contribution in [1.82, 2.24) is 10.2 Å². The Labute approximate surface area is 149 Å². The molecule has 1 aliphatic carbocycles. The van der Waals surface area contributed by atoms with Crippen molar-refractivity contribution in [2.45, 2.75) is 38.4 Å². The van der Waals surface area contributed by atoms with Crippen molar-refractivity contribution in [2.24, 2.45) is 0 Å². The Hall–Kier alpha value is -2.17. The standard InChI is InChI=1S/C21H26N2O2/c1-2-23(15-21(24)25)20-12-19(13-20)22-14-16-8-10-18(11-9-16)17-6-4-3-5-7-17/h3-11,19-20,22H,2,12-15H2,1H3,(H,24,25). The third kappa shape index (κ3) is 4.68. The Kier molecular flexibility index (Phi) is 5.84. The van der Waals surface area contributed by atoms with Gasteiger partial charge in [0.1, 0.15) is 0 Å². The molecule has 0 atom stereocenters. The molecule has 0 heterocycles. The third-order valence-corrected chi connectivity index (χ3v) is 5.03. The molecule has 0 bridgehead atoms. The van der Waals surface area contributed by atoms with E-state index in [9.17, 15) is 4.79 Å². The summed E-state index contributed by atoms with van der Waals surface area (Å²) in [4.78, 5) is 12.9. The van der Waals surface area contributed by atoms with Gasteiger partial charge in [0.25, 0.3) is 0 Å². The molecule has 4 heteroatoms. The molecule has 1 fully saturated rings. The maximum absolute atomic E-state index is 10.9. The highest BCUT2D eigenvalue weighted by Gasteiger charge is 2.33. The predicted octanol–water partition coefficient (Wildman–Crippen LogP) is 3.38. The van der Waals surface area contributed by atoms with Crippen LogP contribution in [0.3, 0.4) is 0 Å². The number of nitrogens with zero attached hydrogens (tertiary/aromatic N) is 1. The van der Waals surface area contributed by atoms with Gasteiger partial charge < -0.3 is 10.4 Å². The van der Waals surface area contributed by atoms with Crippen molar-refractivity contribution >= 4 is 5.97 Å². The first-order valence-corrected chi connectivity index (χ1v) is 8.99. The van der Waals surface area contributed by atoms with Gasteiger partial charge in [-0.2, -0.15) is 0 Å². The van der Waals surface area contributed by atoms with Gasteiger partial charge in [0.15, 0.2) is 0 Å². The molecule has 3 rings (SSSR count). The number of carboxylic acid groups (broad SMARTS) is 1. The second-order valence-corrected chi connectivity index (χ2v) is 6.72. The van der Waals surface area contributed by atoms with Crippen molar-refractivity contribution in [2.75, 3.05) is 13.1 Å². The topological polar surface area (TPSA) is 52.6 Å². The molecule has 0 spiro atoms. The molecular formula is C21H26N2O2. The molecule has 0 aliphatic heterocycles. The first-order chi connectivity index (χ1) is 12.2. The van der Waals surface area contributed by atoms with E-state index in [4.69, 9.17) is 5.11 Å². The Morgan fingerprint density at radius 2 is 1.72 bits per heavy atom. The van der Waals surface area contributed by atoms with E-state index < -0.39 is 5.97 Å². The summed E-state index contributed by atoms with van der Waals surface area (Å²) in [6.45, 7) is 3.83. The van der Waals surface area contributed by atoms with E-state index in [1.54, 1.807) is 0 Å². The summed E-state index contributed by atoms with van der Waals surface area (Å²) in [5, 5.41) is 12.5. The highest BCUT2D eigenvalue weighted by molar-refractivity contribution is 5.69. The Bertz CT molecular complexity index is 679. The lowest BCUT2D eigenvalue weighted by molar-refractivity contribution is -0.139. The van der Waals surface area contributed by atoms with Crippen LogP contribution in [0.1, 0.15) is 25.3 Å². The normalized spacial score (nSPS) is 19.6. The van der Waals surface area contributed by atoms with E-state index in [-0.39, 0.29) is 6.54 Å². The van der Waals surface area contributed by atoms with Crippen LogP contribution in [-0.4, -0.2) is 41.1 Å².